The average Bonchev–Trinajstić information content (AvgIpc) is 2.75. The zero-order valence-electron chi connectivity index (χ0n) is 16.3. The predicted octanol–water partition coefficient (Wildman–Crippen LogP) is 4.43. The van der Waals surface area contributed by atoms with Gasteiger partial charge in [-0.25, -0.2) is 5.43 Å². The van der Waals surface area contributed by atoms with Crippen molar-refractivity contribution in [1.82, 2.24) is 5.43 Å². The molecule has 6 nitrogen and oxygen atoms in total. The summed E-state index contributed by atoms with van der Waals surface area (Å²) >= 11 is 3.41. The summed E-state index contributed by atoms with van der Waals surface area (Å²) in [6.07, 6.45) is 1.43. The number of hydrazone groups is 1. The molecule has 7 heteroatoms. The zero-order chi connectivity index (χ0) is 21.3. The fourth-order valence-corrected chi connectivity index (χ4v) is 2.97. The van der Waals surface area contributed by atoms with Gasteiger partial charge >= 0.3 is 11.8 Å². The number of carbonyl (C=O) groups excluding carboxylic acids is 2. The van der Waals surface area contributed by atoms with Gasteiger partial charge in [0.15, 0.2) is 0 Å². The van der Waals surface area contributed by atoms with Crippen molar-refractivity contribution in [3.63, 3.8) is 0 Å². The highest BCUT2D eigenvalue weighted by atomic mass is 79.9. The van der Waals surface area contributed by atoms with Crippen LogP contribution in [0.4, 0.5) is 5.69 Å². The van der Waals surface area contributed by atoms with Crippen LogP contribution >= 0.6 is 15.9 Å². The van der Waals surface area contributed by atoms with E-state index in [0.717, 1.165) is 15.6 Å². The van der Waals surface area contributed by atoms with Crippen molar-refractivity contribution < 1.29 is 14.3 Å². The Labute approximate surface area is 183 Å². The highest BCUT2D eigenvalue weighted by Gasteiger charge is 2.13. The molecule has 0 radical (unpaired) electrons. The molecule has 0 bridgehead atoms. The number of nitrogens with one attached hydrogen (secondary N) is 2. The van der Waals surface area contributed by atoms with E-state index in [1.807, 2.05) is 61.5 Å². The lowest BCUT2D eigenvalue weighted by atomic mass is 10.2. The molecule has 152 valence electrons. The van der Waals surface area contributed by atoms with Gasteiger partial charge in [-0.2, -0.15) is 5.10 Å². The molecule has 0 atom stereocenters. The molecule has 0 aliphatic rings. The van der Waals surface area contributed by atoms with Crippen LogP contribution in [0, 0.1) is 6.92 Å². The number of rotatable bonds is 6. The second kappa shape index (κ2) is 10.4. The molecule has 0 saturated carbocycles. The SMILES string of the molecule is Cc1ccccc1NC(=O)C(=O)N/N=C/c1cc(Br)ccc1OCc1ccccc1. The summed E-state index contributed by atoms with van der Waals surface area (Å²) in [5, 5.41) is 6.46. The Kier molecular flexibility index (Phi) is 7.34. The van der Waals surface area contributed by atoms with Crippen molar-refractivity contribution in [1.29, 1.82) is 0 Å². The number of amides is 2. The molecule has 3 aromatic rings. The number of ether oxygens (including phenoxy) is 1. The second-order valence-electron chi connectivity index (χ2n) is 6.42. The summed E-state index contributed by atoms with van der Waals surface area (Å²) < 4.78 is 6.70. The van der Waals surface area contributed by atoms with E-state index in [0.29, 0.717) is 23.6 Å². The van der Waals surface area contributed by atoms with Crippen LogP contribution in [0.15, 0.2) is 82.4 Å². The molecule has 0 saturated heterocycles. The van der Waals surface area contributed by atoms with Crippen molar-refractivity contribution in [2.45, 2.75) is 13.5 Å². The van der Waals surface area contributed by atoms with Crippen molar-refractivity contribution in [3.05, 3.63) is 94.0 Å². The van der Waals surface area contributed by atoms with E-state index < -0.39 is 11.8 Å². The first-order chi connectivity index (χ1) is 14.5. The third-order valence-electron chi connectivity index (χ3n) is 4.18. The molecule has 0 unspecified atom stereocenters. The van der Waals surface area contributed by atoms with Crippen LogP contribution in [-0.2, 0) is 16.2 Å². The van der Waals surface area contributed by atoms with Crippen LogP contribution in [0.1, 0.15) is 16.7 Å². The van der Waals surface area contributed by atoms with Crippen LogP contribution in [0.2, 0.25) is 0 Å². The molecule has 0 aliphatic carbocycles. The van der Waals surface area contributed by atoms with E-state index in [9.17, 15) is 9.59 Å². The lowest BCUT2D eigenvalue weighted by molar-refractivity contribution is -0.136. The predicted molar refractivity (Wildman–Crippen MR) is 120 cm³/mol. The van der Waals surface area contributed by atoms with E-state index >= 15 is 0 Å². The minimum absolute atomic E-state index is 0.397. The van der Waals surface area contributed by atoms with E-state index in [1.165, 1.54) is 6.21 Å². The Balaban J connectivity index is 1.62. The first kappa shape index (κ1) is 21.3. The fourth-order valence-electron chi connectivity index (χ4n) is 2.59. The van der Waals surface area contributed by atoms with Gasteiger partial charge in [0.2, 0.25) is 0 Å². The first-order valence-electron chi connectivity index (χ1n) is 9.19. The van der Waals surface area contributed by atoms with Crippen LogP contribution in [-0.4, -0.2) is 18.0 Å². The highest BCUT2D eigenvalue weighted by Crippen LogP contribution is 2.23. The van der Waals surface area contributed by atoms with Gasteiger partial charge in [-0.1, -0.05) is 64.5 Å². The Morgan fingerprint density at radius 1 is 1.00 bits per heavy atom. The fraction of sp³-hybridized carbons (Fsp3) is 0.0870. The Bertz CT molecular complexity index is 1070. The molecule has 2 N–H and O–H groups in total. The molecule has 0 heterocycles. The maximum Gasteiger partial charge on any atom is 0.329 e. The third kappa shape index (κ3) is 6.02. The summed E-state index contributed by atoms with van der Waals surface area (Å²) in [5.74, 6) is -1.06. The molecule has 2 amide bonds. The van der Waals surface area contributed by atoms with E-state index in [4.69, 9.17) is 4.74 Å². The largest absolute Gasteiger partial charge is 0.488 e. The Hall–Kier alpha value is -3.45. The molecule has 30 heavy (non-hydrogen) atoms. The molecule has 0 fully saturated rings. The van der Waals surface area contributed by atoms with Crippen LogP contribution in [0.3, 0.4) is 0 Å². The molecule has 0 aromatic heterocycles. The summed E-state index contributed by atoms with van der Waals surface area (Å²) in [6.45, 7) is 2.24. The monoisotopic (exact) mass is 465 g/mol. The van der Waals surface area contributed by atoms with E-state index in [2.05, 4.69) is 31.8 Å². The number of benzene rings is 3. The number of hydrogen-bond donors (Lipinski definition) is 2. The molecule has 3 rings (SSSR count). The summed E-state index contributed by atoms with van der Waals surface area (Å²) in [7, 11) is 0. The van der Waals surface area contributed by atoms with Crippen molar-refractivity contribution in [2.24, 2.45) is 5.10 Å². The van der Waals surface area contributed by atoms with Crippen LogP contribution < -0.4 is 15.5 Å². The Morgan fingerprint density at radius 2 is 1.73 bits per heavy atom. The molecular weight excluding hydrogens is 446 g/mol. The van der Waals surface area contributed by atoms with Gasteiger partial charge in [-0.05, 0) is 42.3 Å². The second-order valence-corrected chi connectivity index (χ2v) is 7.34. The van der Waals surface area contributed by atoms with Crippen molar-refractivity contribution >= 4 is 39.6 Å². The number of nitrogens with zero attached hydrogens (tertiary/aromatic N) is 1. The minimum atomic E-state index is -0.865. The lowest BCUT2D eigenvalue weighted by Crippen LogP contribution is -2.32. The van der Waals surface area contributed by atoms with Crippen molar-refractivity contribution in [2.75, 3.05) is 5.32 Å². The van der Waals surface area contributed by atoms with Gasteiger partial charge in [0.05, 0.1) is 6.21 Å². The number of aryl methyl sites for hydroxylation is 1. The highest BCUT2D eigenvalue weighted by molar-refractivity contribution is 9.10. The van der Waals surface area contributed by atoms with Gasteiger partial charge in [-0.3, -0.25) is 9.59 Å². The first-order valence-corrected chi connectivity index (χ1v) is 9.98. The zero-order valence-corrected chi connectivity index (χ0v) is 17.8. The number of halogens is 1. The summed E-state index contributed by atoms with van der Waals surface area (Å²) in [4.78, 5) is 24.1. The number of anilines is 1. The van der Waals surface area contributed by atoms with Gasteiger partial charge in [-0.15, -0.1) is 0 Å². The van der Waals surface area contributed by atoms with E-state index in [1.54, 1.807) is 18.2 Å². The van der Waals surface area contributed by atoms with Gasteiger partial charge < -0.3 is 10.1 Å². The van der Waals surface area contributed by atoms with Crippen LogP contribution in [0.25, 0.3) is 0 Å². The van der Waals surface area contributed by atoms with Crippen LogP contribution in [0.5, 0.6) is 5.75 Å². The average molecular weight is 466 g/mol. The Morgan fingerprint density at radius 3 is 2.50 bits per heavy atom. The number of para-hydroxylation sites is 1. The number of carbonyl (C=O) groups is 2. The molecule has 3 aromatic carbocycles. The quantitative estimate of drug-likeness (QED) is 0.321. The maximum atomic E-state index is 12.1. The molecule has 0 aliphatic heterocycles. The topological polar surface area (TPSA) is 79.8 Å². The summed E-state index contributed by atoms with van der Waals surface area (Å²) in [5.41, 5.74) is 5.36. The summed E-state index contributed by atoms with van der Waals surface area (Å²) in [6, 6.07) is 22.4. The normalized spacial score (nSPS) is 10.6. The number of hydrogen-bond acceptors (Lipinski definition) is 4. The smallest absolute Gasteiger partial charge is 0.329 e. The van der Waals surface area contributed by atoms with Gasteiger partial charge in [0, 0.05) is 15.7 Å². The minimum Gasteiger partial charge on any atom is -0.488 e. The standard InChI is InChI=1S/C23H20BrN3O3/c1-16-7-5-6-10-20(16)26-22(28)23(29)27-25-14-18-13-19(24)11-12-21(18)30-15-17-8-3-2-4-9-17/h2-14H,15H2,1H3,(H,26,28)(H,27,29)/b25-14+. The van der Waals surface area contributed by atoms with Gasteiger partial charge in [0.1, 0.15) is 12.4 Å². The van der Waals surface area contributed by atoms with E-state index in [-0.39, 0.29) is 0 Å². The lowest BCUT2D eigenvalue weighted by Gasteiger charge is -2.10. The van der Waals surface area contributed by atoms with Crippen molar-refractivity contribution in [3.8, 4) is 5.75 Å². The maximum absolute atomic E-state index is 12.1. The molecular formula is C23H20BrN3O3. The molecule has 0 spiro atoms. The third-order valence-corrected chi connectivity index (χ3v) is 4.67. The van der Waals surface area contributed by atoms with Gasteiger partial charge in [0.25, 0.3) is 0 Å².